The van der Waals surface area contributed by atoms with Crippen molar-refractivity contribution in [2.45, 2.75) is 44.6 Å². The lowest BCUT2D eigenvalue weighted by atomic mass is 9.85. The fourth-order valence-corrected chi connectivity index (χ4v) is 3.30. The number of hydrogen-bond acceptors (Lipinski definition) is 2. The third-order valence-corrected chi connectivity index (χ3v) is 4.41. The molecule has 2 aromatic rings. The van der Waals surface area contributed by atoms with E-state index in [1.165, 1.54) is 11.3 Å². The van der Waals surface area contributed by atoms with Gasteiger partial charge in [-0.2, -0.15) is 5.10 Å². The summed E-state index contributed by atoms with van der Waals surface area (Å²) in [4.78, 5) is 11.0. The number of carboxylic acid groups (broad SMARTS) is 1. The molecule has 3 rings (SSSR count). The maximum Gasteiger partial charge on any atom is 0.303 e. The highest BCUT2D eigenvalue weighted by atomic mass is 16.4. The lowest BCUT2D eigenvalue weighted by molar-refractivity contribution is -0.137. The maximum atomic E-state index is 11.0. The molecule has 0 bridgehead atoms. The van der Waals surface area contributed by atoms with Gasteiger partial charge in [0.2, 0.25) is 0 Å². The van der Waals surface area contributed by atoms with Gasteiger partial charge in [-0.1, -0.05) is 30.3 Å². The van der Waals surface area contributed by atoms with Gasteiger partial charge in [0.1, 0.15) is 0 Å². The van der Waals surface area contributed by atoms with Gasteiger partial charge in [0, 0.05) is 5.69 Å². The van der Waals surface area contributed by atoms with Crippen LogP contribution < -0.4 is 0 Å². The second-order valence-corrected chi connectivity index (χ2v) is 5.76. The van der Waals surface area contributed by atoms with Gasteiger partial charge in [0.15, 0.2) is 0 Å². The molecule has 0 amide bonds. The molecule has 4 nitrogen and oxygen atoms in total. The van der Waals surface area contributed by atoms with Crippen LogP contribution in [0.3, 0.4) is 0 Å². The number of aliphatic carboxylic acids is 1. The van der Waals surface area contributed by atoms with Gasteiger partial charge in [0.25, 0.3) is 0 Å². The molecular formula is C17H20N2O2. The molecule has 0 spiro atoms. The van der Waals surface area contributed by atoms with Crippen LogP contribution >= 0.6 is 0 Å². The summed E-state index contributed by atoms with van der Waals surface area (Å²) in [6, 6.07) is 10.5. The SMILES string of the molecule is CC(c1ccccc1)n1ncc2c1CCCC2CC(=O)O. The number of carbonyl (C=O) groups is 1. The number of nitrogens with zero attached hydrogens (tertiary/aromatic N) is 2. The average Bonchev–Trinajstić information content (AvgIpc) is 2.92. The number of hydrogen-bond donors (Lipinski definition) is 1. The molecule has 0 aliphatic heterocycles. The molecule has 0 saturated heterocycles. The zero-order valence-corrected chi connectivity index (χ0v) is 12.2. The van der Waals surface area contributed by atoms with Crippen molar-refractivity contribution in [1.82, 2.24) is 9.78 Å². The van der Waals surface area contributed by atoms with E-state index < -0.39 is 5.97 Å². The van der Waals surface area contributed by atoms with E-state index in [2.05, 4.69) is 28.8 Å². The first-order valence-corrected chi connectivity index (χ1v) is 7.50. The van der Waals surface area contributed by atoms with Crippen molar-refractivity contribution in [3.05, 3.63) is 53.3 Å². The summed E-state index contributed by atoms with van der Waals surface area (Å²) in [5, 5.41) is 13.6. The molecule has 0 radical (unpaired) electrons. The first-order valence-electron chi connectivity index (χ1n) is 7.50. The number of rotatable bonds is 4. The Balaban J connectivity index is 1.92. The lowest BCUT2D eigenvalue weighted by Gasteiger charge is -2.24. The Morgan fingerprint density at radius 1 is 1.43 bits per heavy atom. The van der Waals surface area contributed by atoms with Crippen LogP contribution in [0.25, 0.3) is 0 Å². The first kappa shape index (κ1) is 13.9. The van der Waals surface area contributed by atoms with Crippen LogP contribution in [0.1, 0.15) is 55.0 Å². The fraction of sp³-hybridized carbons (Fsp3) is 0.412. The van der Waals surface area contributed by atoms with E-state index in [0.717, 1.165) is 24.8 Å². The number of carboxylic acids is 1. The molecular weight excluding hydrogens is 264 g/mol. The topological polar surface area (TPSA) is 55.1 Å². The molecule has 110 valence electrons. The van der Waals surface area contributed by atoms with Crippen LogP contribution in [0.2, 0.25) is 0 Å². The highest BCUT2D eigenvalue weighted by Crippen LogP contribution is 2.35. The standard InChI is InChI=1S/C17H20N2O2/c1-12(13-6-3-2-4-7-13)19-16-9-5-8-14(10-17(20)21)15(16)11-18-19/h2-4,6-7,11-12,14H,5,8-10H2,1H3,(H,20,21). The van der Waals surface area contributed by atoms with Gasteiger partial charge < -0.3 is 5.11 Å². The molecule has 2 atom stereocenters. The Morgan fingerprint density at radius 3 is 2.90 bits per heavy atom. The highest BCUT2D eigenvalue weighted by molar-refractivity contribution is 5.68. The highest BCUT2D eigenvalue weighted by Gasteiger charge is 2.27. The van der Waals surface area contributed by atoms with Gasteiger partial charge in [-0.3, -0.25) is 9.48 Å². The minimum Gasteiger partial charge on any atom is -0.481 e. The Kier molecular flexibility index (Phi) is 3.78. The van der Waals surface area contributed by atoms with E-state index in [4.69, 9.17) is 5.11 Å². The summed E-state index contributed by atoms with van der Waals surface area (Å²) in [5.41, 5.74) is 3.57. The normalized spacial score (nSPS) is 19.0. The Hall–Kier alpha value is -2.10. The van der Waals surface area contributed by atoms with Crippen LogP contribution in [0.4, 0.5) is 0 Å². The second kappa shape index (κ2) is 5.72. The quantitative estimate of drug-likeness (QED) is 0.936. The van der Waals surface area contributed by atoms with Crippen LogP contribution in [-0.4, -0.2) is 20.9 Å². The van der Waals surface area contributed by atoms with E-state index in [-0.39, 0.29) is 18.4 Å². The van der Waals surface area contributed by atoms with E-state index in [1.54, 1.807) is 0 Å². The number of aromatic nitrogens is 2. The molecule has 1 heterocycles. The molecule has 1 aromatic carbocycles. The van der Waals surface area contributed by atoms with Crippen LogP contribution in [0.5, 0.6) is 0 Å². The van der Waals surface area contributed by atoms with Crippen molar-refractivity contribution in [2.24, 2.45) is 0 Å². The average molecular weight is 284 g/mol. The van der Waals surface area contributed by atoms with Crippen molar-refractivity contribution in [1.29, 1.82) is 0 Å². The monoisotopic (exact) mass is 284 g/mol. The number of fused-ring (bicyclic) bond motifs is 1. The summed E-state index contributed by atoms with van der Waals surface area (Å²) >= 11 is 0. The summed E-state index contributed by atoms with van der Waals surface area (Å²) in [6.07, 6.45) is 5.06. The van der Waals surface area contributed by atoms with Gasteiger partial charge in [0.05, 0.1) is 18.7 Å². The molecule has 0 fully saturated rings. The molecule has 1 aliphatic carbocycles. The Labute approximate surface area is 124 Å². The summed E-state index contributed by atoms with van der Waals surface area (Å²) in [5.74, 6) is -0.611. The second-order valence-electron chi connectivity index (χ2n) is 5.76. The molecule has 4 heteroatoms. The van der Waals surface area contributed by atoms with Crippen molar-refractivity contribution in [3.63, 3.8) is 0 Å². The van der Waals surface area contributed by atoms with E-state index in [0.29, 0.717) is 0 Å². The Morgan fingerprint density at radius 2 is 2.19 bits per heavy atom. The van der Waals surface area contributed by atoms with E-state index in [1.807, 2.05) is 24.4 Å². The number of benzene rings is 1. The molecule has 1 N–H and O–H groups in total. The van der Waals surface area contributed by atoms with Crippen molar-refractivity contribution < 1.29 is 9.90 Å². The minimum absolute atomic E-state index is 0.114. The van der Waals surface area contributed by atoms with Crippen molar-refractivity contribution >= 4 is 5.97 Å². The van der Waals surface area contributed by atoms with Crippen LogP contribution in [-0.2, 0) is 11.2 Å². The molecule has 21 heavy (non-hydrogen) atoms. The van der Waals surface area contributed by atoms with Crippen molar-refractivity contribution in [2.75, 3.05) is 0 Å². The summed E-state index contributed by atoms with van der Waals surface area (Å²) in [7, 11) is 0. The van der Waals surface area contributed by atoms with Gasteiger partial charge >= 0.3 is 5.97 Å². The van der Waals surface area contributed by atoms with Gasteiger partial charge in [-0.15, -0.1) is 0 Å². The summed E-state index contributed by atoms with van der Waals surface area (Å²) in [6.45, 7) is 2.14. The van der Waals surface area contributed by atoms with E-state index in [9.17, 15) is 4.79 Å². The zero-order chi connectivity index (χ0) is 14.8. The van der Waals surface area contributed by atoms with Crippen LogP contribution in [0.15, 0.2) is 36.5 Å². The Bertz CT molecular complexity index is 633. The first-order chi connectivity index (χ1) is 10.2. The molecule has 1 aromatic heterocycles. The lowest BCUT2D eigenvalue weighted by Crippen LogP contribution is -2.17. The molecule has 1 aliphatic rings. The predicted octanol–water partition coefficient (Wildman–Crippen LogP) is 3.39. The third kappa shape index (κ3) is 2.71. The summed E-state index contributed by atoms with van der Waals surface area (Å²) < 4.78 is 2.07. The van der Waals surface area contributed by atoms with Crippen LogP contribution in [0, 0.1) is 0 Å². The third-order valence-electron chi connectivity index (χ3n) is 4.41. The zero-order valence-electron chi connectivity index (χ0n) is 12.2. The fourth-order valence-electron chi connectivity index (χ4n) is 3.30. The maximum absolute atomic E-state index is 11.0. The van der Waals surface area contributed by atoms with Gasteiger partial charge in [-0.25, -0.2) is 0 Å². The largest absolute Gasteiger partial charge is 0.481 e. The molecule has 2 unspecified atom stereocenters. The molecule has 0 saturated carbocycles. The minimum atomic E-state index is -0.725. The predicted molar refractivity (Wildman–Crippen MR) is 80.4 cm³/mol. The van der Waals surface area contributed by atoms with E-state index >= 15 is 0 Å². The van der Waals surface area contributed by atoms with Gasteiger partial charge in [-0.05, 0) is 43.2 Å². The smallest absolute Gasteiger partial charge is 0.303 e. The van der Waals surface area contributed by atoms with Crippen molar-refractivity contribution in [3.8, 4) is 0 Å².